The lowest BCUT2D eigenvalue weighted by molar-refractivity contribution is -0.128. The summed E-state index contributed by atoms with van der Waals surface area (Å²) in [7, 11) is 0. The van der Waals surface area contributed by atoms with Gasteiger partial charge in [-0.05, 0) is 22.8 Å². The summed E-state index contributed by atoms with van der Waals surface area (Å²) >= 11 is 0. The molecule has 1 aliphatic heterocycles. The molecule has 1 aliphatic rings. The van der Waals surface area contributed by atoms with Crippen LogP contribution in [0.5, 0.6) is 0 Å². The van der Waals surface area contributed by atoms with Gasteiger partial charge in [0, 0.05) is 18.7 Å². The van der Waals surface area contributed by atoms with Crippen molar-refractivity contribution in [2.24, 2.45) is 5.73 Å². The topological polar surface area (TPSA) is 94.5 Å². The third kappa shape index (κ3) is 5.67. The molecule has 0 aliphatic carbocycles. The first-order chi connectivity index (χ1) is 13.3. The minimum absolute atomic E-state index is 0.0488. The third-order valence-electron chi connectivity index (χ3n) is 4.19. The minimum Gasteiger partial charge on any atom is -0.388 e. The first kappa shape index (κ1) is 21.6. The molecule has 2 aromatic rings. The number of carbonyl (C=O) groups is 1. The Bertz CT molecular complexity index is 836. The van der Waals surface area contributed by atoms with Gasteiger partial charge < -0.3 is 20.1 Å². The molecule has 1 aromatic carbocycles. The fraction of sp³-hybridized carbons (Fsp3) is 0.368. The van der Waals surface area contributed by atoms with Crippen LogP contribution in [-0.4, -0.2) is 41.9 Å². The number of nitrogens with two attached hydrogens (primary N) is 1. The van der Waals surface area contributed by atoms with E-state index < -0.39 is 25.1 Å². The number of rotatable bonds is 6. The molecule has 6 nitrogen and oxygen atoms in total. The summed E-state index contributed by atoms with van der Waals surface area (Å²) in [5.41, 5.74) is 6.40. The molecule has 1 unspecified atom stereocenters. The molecule has 1 aromatic heterocycles. The maximum atomic E-state index is 12.2. The zero-order chi connectivity index (χ0) is 20.7. The summed E-state index contributed by atoms with van der Waals surface area (Å²) in [6, 6.07) is 10.8. The maximum Gasteiger partial charge on any atom is 0.315 e. The van der Waals surface area contributed by atoms with Crippen LogP contribution in [0.15, 0.2) is 47.4 Å². The highest BCUT2D eigenvalue weighted by atomic mass is 19.3. The average Bonchev–Trinajstić information content (AvgIpc) is 2.62. The predicted molar refractivity (Wildman–Crippen MR) is 96.7 cm³/mol. The van der Waals surface area contributed by atoms with E-state index in [1.54, 1.807) is 29.0 Å². The first-order valence-electron chi connectivity index (χ1n) is 8.55. The number of halogens is 3. The van der Waals surface area contributed by atoms with E-state index in [0.29, 0.717) is 18.8 Å². The minimum atomic E-state index is -3.01. The monoisotopic (exact) mass is 398 g/mol. The summed E-state index contributed by atoms with van der Waals surface area (Å²) < 4.78 is 40.4. The molecule has 9 heteroatoms. The number of aliphatic hydroxyl groups excluding tert-OH is 1. The molecule has 28 heavy (non-hydrogen) atoms. The van der Waals surface area contributed by atoms with E-state index >= 15 is 0 Å². The number of benzene rings is 1. The Morgan fingerprint density at radius 2 is 1.82 bits per heavy atom. The van der Waals surface area contributed by atoms with E-state index in [1.165, 1.54) is 0 Å². The van der Waals surface area contributed by atoms with Gasteiger partial charge in [0.05, 0.1) is 32.0 Å². The van der Waals surface area contributed by atoms with Crippen LogP contribution < -0.4 is 11.3 Å². The molecule has 0 radical (unpaired) electrons. The number of carbonyl (C=O) groups excluding carboxylic acids is 1. The fourth-order valence-corrected chi connectivity index (χ4v) is 2.52. The van der Waals surface area contributed by atoms with Crippen LogP contribution in [0.2, 0.25) is 0 Å². The second-order valence-electron chi connectivity index (χ2n) is 6.17. The van der Waals surface area contributed by atoms with Gasteiger partial charge in [0.25, 0.3) is 11.5 Å². The van der Waals surface area contributed by atoms with Gasteiger partial charge >= 0.3 is 6.43 Å². The average molecular weight is 398 g/mol. The number of amides is 1. The Morgan fingerprint density at radius 1 is 1.21 bits per heavy atom. The van der Waals surface area contributed by atoms with E-state index in [4.69, 9.17) is 4.74 Å². The quantitative estimate of drug-likeness (QED) is 0.780. The van der Waals surface area contributed by atoms with Crippen LogP contribution >= 0.6 is 0 Å². The largest absolute Gasteiger partial charge is 0.388 e. The number of alkyl halides is 3. The lowest BCUT2D eigenvalue weighted by Crippen LogP contribution is -2.36. The van der Waals surface area contributed by atoms with Crippen molar-refractivity contribution in [3.63, 3.8) is 0 Å². The van der Waals surface area contributed by atoms with Crippen LogP contribution in [-0.2, 0) is 9.53 Å². The van der Waals surface area contributed by atoms with E-state index in [2.05, 4.69) is 5.73 Å². The fourth-order valence-electron chi connectivity index (χ4n) is 2.52. The Hall–Kier alpha value is -2.65. The summed E-state index contributed by atoms with van der Waals surface area (Å²) in [5, 5.41) is 9.75. The Labute approximate surface area is 159 Å². The molecule has 1 saturated heterocycles. The van der Waals surface area contributed by atoms with Gasteiger partial charge in [0.2, 0.25) is 0 Å². The molecule has 1 fully saturated rings. The van der Waals surface area contributed by atoms with Crippen molar-refractivity contribution in [3.8, 4) is 11.1 Å². The summed E-state index contributed by atoms with van der Waals surface area (Å²) in [4.78, 5) is 21.3. The van der Waals surface area contributed by atoms with Crippen molar-refractivity contribution >= 4 is 5.91 Å². The van der Waals surface area contributed by atoms with Crippen molar-refractivity contribution in [1.82, 2.24) is 4.57 Å². The van der Waals surface area contributed by atoms with Crippen molar-refractivity contribution in [3.05, 3.63) is 58.5 Å². The second-order valence-corrected chi connectivity index (χ2v) is 6.17. The van der Waals surface area contributed by atoms with E-state index in [-0.39, 0.29) is 18.0 Å². The molecule has 0 saturated carbocycles. The van der Waals surface area contributed by atoms with Crippen molar-refractivity contribution in [2.75, 3.05) is 19.9 Å². The Balaban J connectivity index is 0.000000409. The number of aliphatic hydroxyl groups is 1. The number of ether oxygens (including phenoxy) is 1. The number of hydrogen-bond donors (Lipinski definition) is 2. The highest BCUT2D eigenvalue weighted by Crippen LogP contribution is 2.23. The Kier molecular flexibility index (Phi) is 7.77. The number of hydrogen-bond acceptors (Lipinski definition) is 4. The molecule has 0 spiro atoms. The maximum absolute atomic E-state index is 12.2. The van der Waals surface area contributed by atoms with Gasteiger partial charge in [-0.25, -0.2) is 0 Å². The lowest BCUT2D eigenvalue weighted by atomic mass is 10.0. The molecular formula is C19H21F3N2O4. The van der Waals surface area contributed by atoms with Gasteiger partial charge in [-0.2, -0.15) is 8.78 Å². The number of nitrogens with zero attached hydrogens (tertiary/aromatic N) is 1. The van der Waals surface area contributed by atoms with Crippen molar-refractivity contribution in [1.29, 1.82) is 0 Å². The second kappa shape index (κ2) is 10.0. The molecule has 1 amide bonds. The van der Waals surface area contributed by atoms with E-state index in [0.717, 1.165) is 11.1 Å². The predicted octanol–water partition coefficient (Wildman–Crippen LogP) is 2.22. The SMILES string of the molecule is NC(=O)C(F)F.O=c1cc(-c2ccc(C(O)CCF)cc2)ccn1C1COC1. The van der Waals surface area contributed by atoms with E-state index in [9.17, 15) is 27.9 Å². The van der Waals surface area contributed by atoms with Crippen LogP contribution in [0.4, 0.5) is 13.2 Å². The summed E-state index contributed by atoms with van der Waals surface area (Å²) in [6.45, 7) is 0.618. The van der Waals surface area contributed by atoms with Gasteiger partial charge in [0.15, 0.2) is 0 Å². The smallest absolute Gasteiger partial charge is 0.315 e. The standard InChI is InChI=1S/C17H18FNO3.C2H3F2NO/c18-7-5-16(20)13-3-1-12(2-4-13)14-6-8-19(17(21)9-14)15-10-22-11-15;3-1(4)2(5)6/h1-4,6,8-9,15-16,20H,5,7,10-11H2;1H,(H2,5,6). The van der Waals surface area contributed by atoms with Gasteiger partial charge in [0.1, 0.15) is 0 Å². The zero-order valence-corrected chi connectivity index (χ0v) is 14.9. The van der Waals surface area contributed by atoms with Crippen LogP contribution in [0, 0.1) is 0 Å². The molecule has 0 bridgehead atoms. The highest BCUT2D eigenvalue weighted by Gasteiger charge is 2.21. The summed E-state index contributed by atoms with van der Waals surface area (Å²) in [5.74, 6) is -1.57. The lowest BCUT2D eigenvalue weighted by Gasteiger charge is -2.27. The Morgan fingerprint density at radius 3 is 2.25 bits per heavy atom. The summed E-state index contributed by atoms with van der Waals surface area (Å²) in [6.07, 6.45) is -1.91. The number of primary amides is 1. The number of pyridine rings is 1. The van der Waals surface area contributed by atoms with Crippen LogP contribution in [0.3, 0.4) is 0 Å². The van der Waals surface area contributed by atoms with Crippen LogP contribution in [0.1, 0.15) is 24.1 Å². The zero-order valence-electron chi connectivity index (χ0n) is 14.9. The third-order valence-corrected chi connectivity index (χ3v) is 4.19. The van der Waals surface area contributed by atoms with E-state index in [1.807, 2.05) is 18.2 Å². The van der Waals surface area contributed by atoms with Gasteiger partial charge in [-0.15, -0.1) is 0 Å². The molecular weight excluding hydrogens is 377 g/mol. The normalized spacial score (nSPS) is 14.8. The molecule has 3 rings (SSSR count). The van der Waals surface area contributed by atoms with Crippen LogP contribution in [0.25, 0.3) is 11.1 Å². The molecule has 2 heterocycles. The molecule has 1 atom stereocenters. The molecule has 3 N–H and O–H groups in total. The van der Waals surface area contributed by atoms with Crippen molar-refractivity contribution < 1.29 is 27.8 Å². The molecule has 152 valence electrons. The van der Waals surface area contributed by atoms with Crippen molar-refractivity contribution in [2.45, 2.75) is 25.0 Å². The highest BCUT2D eigenvalue weighted by molar-refractivity contribution is 5.76. The first-order valence-corrected chi connectivity index (χ1v) is 8.55. The van der Waals surface area contributed by atoms with Gasteiger partial charge in [-0.3, -0.25) is 14.0 Å². The van der Waals surface area contributed by atoms with Gasteiger partial charge in [-0.1, -0.05) is 24.3 Å². The number of aromatic nitrogens is 1.